The van der Waals surface area contributed by atoms with Crippen molar-refractivity contribution in [2.75, 3.05) is 12.3 Å². The van der Waals surface area contributed by atoms with Crippen LogP contribution in [0.5, 0.6) is 0 Å². The number of anilines is 1. The zero-order valence-corrected chi connectivity index (χ0v) is 31.8. The first-order valence-corrected chi connectivity index (χ1v) is 19.1. The molecule has 6 aromatic carbocycles. The van der Waals surface area contributed by atoms with Crippen molar-refractivity contribution >= 4 is 56.0 Å². The molecule has 0 bridgehead atoms. The predicted octanol–water partition coefficient (Wildman–Crippen LogP) is 12.4. The molecular formula is C52H44N4. The molecule has 8 rings (SSSR count). The van der Waals surface area contributed by atoms with Crippen LogP contribution in [0.2, 0.25) is 0 Å². The van der Waals surface area contributed by atoms with E-state index >= 15 is 0 Å². The summed E-state index contributed by atoms with van der Waals surface area (Å²) in [5.74, 6) is 0. The van der Waals surface area contributed by atoms with Crippen LogP contribution in [0.3, 0.4) is 0 Å². The van der Waals surface area contributed by atoms with Gasteiger partial charge in [0.15, 0.2) is 0 Å². The van der Waals surface area contributed by atoms with Gasteiger partial charge in [-0.05, 0) is 123 Å². The van der Waals surface area contributed by atoms with Crippen molar-refractivity contribution in [3.8, 4) is 11.1 Å². The number of nitrogen functional groups attached to an aromatic ring is 1. The lowest BCUT2D eigenvalue weighted by atomic mass is 9.88. The normalized spacial score (nSPS) is 15.2. The first-order valence-electron chi connectivity index (χ1n) is 19.1. The maximum absolute atomic E-state index is 8.85. The van der Waals surface area contributed by atoms with Crippen LogP contribution < -0.4 is 11.1 Å². The number of allylic oxidation sites excluding steroid dienone is 10. The lowest BCUT2D eigenvalue weighted by Crippen LogP contribution is -2.27. The van der Waals surface area contributed by atoms with Gasteiger partial charge in [0, 0.05) is 23.4 Å². The zero-order valence-electron chi connectivity index (χ0n) is 31.8. The van der Waals surface area contributed by atoms with Crippen molar-refractivity contribution in [1.82, 2.24) is 5.32 Å². The molecule has 1 aliphatic heterocycles. The lowest BCUT2D eigenvalue weighted by Gasteiger charge is -2.23. The number of nitrogens with zero attached hydrogens (tertiary/aromatic N) is 1. The van der Waals surface area contributed by atoms with Crippen molar-refractivity contribution in [2.45, 2.75) is 20.3 Å². The zero-order chi connectivity index (χ0) is 38.6. The molecule has 4 N–H and O–H groups in total. The van der Waals surface area contributed by atoms with E-state index in [1.54, 1.807) is 0 Å². The third kappa shape index (κ3) is 7.13. The van der Waals surface area contributed by atoms with Crippen LogP contribution in [-0.2, 0) is 6.42 Å². The van der Waals surface area contributed by atoms with Gasteiger partial charge in [0.05, 0.1) is 22.8 Å². The van der Waals surface area contributed by atoms with Gasteiger partial charge in [-0.3, -0.25) is 5.41 Å². The Morgan fingerprint density at radius 2 is 1.59 bits per heavy atom. The van der Waals surface area contributed by atoms with Crippen LogP contribution in [0.4, 0.5) is 11.4 Å². The highest BCUT2D eigenvalue weighted by Gasteiger charge is 2.21. The van der Waals surface area contributed by atoms with E-state index in [9.17, 15) is 0 Å². The molecular weight excluding hydrogens is 681 g/mol. The van der Waals surface area contributed by atoms with Crippen LogP contribution in [0.15, 0.2) is 192 Å². The molecule has 1 aliphatic carbocycles. The molecule has 0 atom stereocenters. The second kappa shape index (κ2) is 15.7. The molecule has 56 heavy (non-hydrogen) atoms. The van der Waals surface area contributed by atoms with E-state index in [1.807, 2.05) is 25.1 Å². The smallest absolute Gasteiger partial charge is 0.0856 e. The largest absolute Gasteiger partial charge is 0.398 e. The second-order valence-electron chi connectivity index (χ2n) is 14.2. The van der Waals surface area contributed by atoms with E-state index in [2.05, 4.69) is 171 Å². The Kier molecular flexibility index (Phi) is 10.1. The maximum Gasteiger partial charge on any atom is 0.0856 e. The van der Waals surface area contributed by atoms with Gasteiger partial charge < -0.3 is 11.1 Å². The van der Waals surface area contributed by atoms with Crippen LogP contribution in [0.1, 0.15) is 34.7 Å². The fourth-order valence-corrected chi connectivity index (χ4v) is 7.65. The lowest BCUT2D eigenvalue weighted by molar-refractivity contribution is 0.919. The van der Waals surface area contributed by atoms with E-state index < -0.39 is 0 Å². The van der Waals surface area contributed by atoms with Crippen molar-refractivity contribution in [1.29, 1.82) is 5.41 Å². The number of nitrogens with one attached hydrogen (secondary N) is 2. The van der Waals surface area contributed by atoms with Gasteiger partial charge in [0.1, 0.15) is 0 Å². The summed E-state index contributed by atoms with van der Waals surface area (Å²) in [6.07, 6.45) is 19.3. The van der Waals surface area contributed by atoms with Crippen molar-refractivity contribution in [3.05, 3.63) is 215 Å². The van der Waals surface area contributed by atoms with Crippen molar-refractivity contribution in [2.24, 2.45) is 4.99 Å². The Morgan fingerprint density at radius 3 is 2.38 bits per heavy atom. The highest BCUT2D eigenvalue weighted by atomic mass is 14.9. The van der Waals surface area contributed by atoms with Crippen LogP contribution >= 0.6 is 0 Å². The first kappa shape index (κ1) is 36.0. The average molecular weight is 725 g/mol. The van der Waals surface area contributed by atoms with E-state index in [0.29, 0.717) is 5.71 Å². The molecule has 0 aromatic heterocycles. The number of hydrogen-bond donors (Lipinski definition) is 3. The Bertz CT molecular complexity index is 2760. The highest BCUT2D eigenvalue weighted by Crippen LogP contribution is 2.34. The van der Waals surface area contributed by atoms with Gasteiger partial charge in [0.2, 0.25) is 0 Å². The molecule has 0 radical (unpaired) electrons. The molecule has 0 amide bonds. The van der Waals surface area contributed by atoms with E-state index in [1.165, 1.54) is 27.1 Å². The third-order valence-electron chi connectivity index (χ3n) is 10.6. The maximum atomic E-state index is 8.85. The number of hydrogen-bond acceptors (Lipinski definition) is 4. The fourth-order valence-electron chi connectivity index (χ4n) is 7.65. The van der Waals surface area contributed by atoms with Crippen LogP contribution in [0.25, 0.3) is 44.3 Å². The van der Waals surface area contributed by atoms with Gasteiger partial charge >= 0.3 is 0 Å². The second-order valence-corrected chi connectivity index (χ2v) is 14.2. The van der Waals surface area contributed by atoms with Gasteiger partial charge in [0.25, 0.3) is 0 Å². The summed E-state index contributed by atoms with van der Waals surface area (Å²) in [7, 11) is 0. The quantitative estimate of drug-likeness (QED) is 0.0789. The van der Waals surface area contributed by atoms with Crippen LogP contribution in [0, 0.1) is 12.3 Å². The van der Waals surface area contributed by atoms with Crippen molar-refractivity contribution in [3.63, 3.8) is 0 Å². The number of aryl methyl sites for hydroxylation is 1. The first-order chi connectivity index (χ1) is 27.4. The molecule has 0 fully saturated rings. The monoisotopic (exact) mass is 724 g/mol. The number of benzene rings is 6. The van der Waals surface area contributed by atoms with Gasteiger partial charge in [-0.25, -0.2) is 4.99 Å². The Labute approximate surface area is 329 Å². The number of nitrogens with two attached hydrogens (primary N) is 1. The molecule has 0 unspecified atom stereocenters. The van der Waals surface area contributed by atoms with Crippen LogP contribution in [-0.4, -0.2) is 18.0 Å². The Hall–Kier alpha value is -7.04. The minimum atomic E-state index is 0.498. The molecule has 0 saturated heterocycles. The molecule has 0 saturated carbocycles. The summed E-state index contributed by atoms with van der Waals surface area (Å²) in [4.78, 5) is 5.24. The number of aliphatic imine (C=N–C) groups is 1. The summed E-state index contributed by atoms with van der Waals surface area (Å²) in [5, 5.41) is 17.1. The third-order valence-corrected chi connectivity index (χ3v) is 10.6. The summed E-state index contributed by atoms with van der Waals surface area (Å²) in [5.41, 5.74) is 21.0. The molecule has 6 aromatic rings. The number of fused-ring (bicyclic) bond motifs is 3. The predicted molar refractivity (Wildman–Crippen MR) is 241 cm³/mol. The molecule has 0 spiro atoms. The minimum absolute atomic E-state index is 0.498. The SMILES string of the molecule is C=C/C(=C1/C=CC2=C(NCC=C2)C1=N)c1ccc(C/C=C\c2cc(-c3ccc(N=C(/C=C\C)c4cc5ccccc5c5ccccc45)c(C)c3)ccc2N)cc1. The van der Waals surface area contributed by atoms with Gasteiger partial charge in [-0.2, -0.15) is 0 Å². The molecule has 1 heterocycles. The summed E-state index contributed by atoms with van der Waals surface area (Å²) < 4.78 is 0. The van der Waals surface area contributed by atoms with E-state index in [-0.39, 0.29) is 0 Å². The Morgan fingerprint density at radius 1 is 0.839 bits per heavy atom. The highest BCUT2D eigenvalue weighted by molar-refractivity contribution is 6.23. The molecule has 2 aliphatic rings. The Balaban J connectivity index is 1.01. The number of dihydropyridines is 1. The molecule has 4 nitrogen and oxygen atoms in total. The number of rotatable bonds is 9. The topological polar surface area (TPSA) is 74.3 Å². The fraction of sp³-hybridized carbons (Fsp3) is 0.0769. The van der Waals surface area contributed by atoms with E-state index in [0.717, 1.165) is 85.8 Å². The molecule has 272 valence electrons. The van der Waals surface area contributed by atoms with Gasteiger partial charge in [-0.1, -0.05) is 140 Å². The summed E-state index contributed by atoms with van der Waals surface area (Å²) >= 11 is 0. The summed E-state index contributed by atoms with van der Waals surface area (Å²) in [6, 6.07) is 40.6. The minimum Gasteiger partial charge on any atom is -0.398 e. The average Bonchev–Trinajstić information content (AvgIpc) is 3.23. The van der Waals surface area contributed by atoms with Gasteiger partial charge in [-0.15, -0.1) is 0 Å². The van der Waals surface area contributed by atoms with E-state index in [4.69, 9.17) is 16.1 Å². The standard InChI is InChI=1S/C52H44N4/c1-4-12-50(47-33-40-14-6-7-17-43(40)44-18-8-9-19-45(44)47)56-49-29-26-38(31-34(49)3)39-25-28-48(53)41(32-39)15-10-13-35-20-22-36(23-21-35)42(5-2)46-27-24-37-16-11-30-55-52(37)51(46)54/h4-12,14-29,31-33,54-55H,2,13,30,53H2,1,3H3/b12-4-,15-10-,46-42+,54-51?,56-50?. The van der Waals surface area contributed by atoms with Crippen molar-refractivity contribution < 1.29 is 0 Å². The summed E-state index contributed by atoms with van der Waals surface area (Å²) in [6.45, 7) is 8.98. The molecule has 4 heteroatoms.